The third-order valence-electron chi connectivity index (χ3n) is 5.09. The highest BCUT2D eigenvalue weighted by molar-refractivity contribution is 8.00. The van der Waals surface area contributed by atoms with E-state index >= 15 is 0 Å². The number of urea groups is 1. The molecular formula is C19H26N4O3S. The summed E-state index contributed by atoms with van der Waals surface area (Å²) >= 11 is 1.44. The van der Waals surface area contributed by atoms with Gasteiger partial charge in [-0.3, -0.25) is 25.1 Å². The molecular weight excluding hydrogens is 364 g/mol. The van der Waals surface area contributed by atoms with Crippen LogP contribution in [-0.2, 0) is 4.79 Å². The topological polar surface area (TPSA) is 81.8 Å². The fourth-order valence-corrected chi connectivity index (χ4v) is 4.83. The number of ketones is 1. The number of rotatable bonds is 6. The van der Waals surface area contributed by atoms with Crippen molar-refractivity contribution in [3.63, 3.8) is 0 Å². The summed E-state index contributed by atoms with van der Waals surface area (Å²) in [5.74, 6) is -0.356. The van der Waals surface area contributed by atoms with Gasteiger partial charge in [-0.1, -0.05) is 43.7 Å². The number of nitrogens with zero attached hydrogens (tertiary/aromatic N) is 2. The zero-order valence-electron chi connectivity index (χ0n) is 15.8. The van der Waals surface area contributed by atoms with Crippen molar-refractivity contribution in [1.82, 2.24) is 20.4 Å². The molecule has 2 saturated heterocycles. The van der Waals surface area contributed by atoms with E-state index in [0.29, 0.717) is 5.56 Å². The Labute approximate surface area is 163 Å². The van der Waals surface area contributed by atoms with Gasteiger partial charge in [-0.25, -0.2) is 4.79 Å². The van der Waals surface area contributed by atoms with Gasteiger partial charge in [-0.15, -0.1) is 11.8 Å². The zero-order valence-corrected chi connectivity index (χ0v) is 16.7. The number of amides is 3. The van der Waals surface area contributed by atoms with Crippen LogP contribution in [0, 0.1) is 5.92 Å². The van der Waals surface area contributed by atoms with Gasteiger partial charge in [-0.2, -0.15) is 0 Å². The Morgan fingerprint density at radius 1 is 1.15 bits per heavy atom. The van der Waals surface area contributed by atoms with Crippen LogP contribution in [0.4, 0.5) is 4.79 Å². The molecule has 146 valence electrons. The number of hydrogen-bond donors (Lipinski definition) is 2. The predicted octanol–water partition coefficient (Wildman–Crippen LogP) is 1.71. The molecule has 3 amide bonds. The van der Waals surface area contributed by atoms with Crippen LogP contribution in [0.3, 0.4) is 0 Å². The number of thioether (sulfide) groups is 1. The number of carbonyl (C=O) groups is 3. The molecule has 1 aromatic carbocycles. The van der Waals surface area contributed by atoms with Crippen LogP contribution in [0.5, 0.6) is 0 Å². The molecule has 0 aliphatic carbocycles. The first-order valence-corrected chi connectivity index (χ1v) is 10.2. The Hall–Kier alpha value is -1.90. The summed E-state index contributed by atoms with van der Waals surface area (Å²) in [6.07, 6.45) is 1.46. The number of carbonyl (C=O) groups excluding carboxylic acids is 3. The molecule has 1 aromatic rings. The molecule has 4 unspecified atom stereocenters. The predicted molar refractivity (Wildman–Crippen MR) is 105 cm³/mol. The van der Waals surface area contributed by atoms with Gasteiger partial charge in [0, 0.05) is 19.7 Å². The fourth-order valence-electron chi connectivity index (χ4n) is 3.60. The van der Waals surface area contributed by atoms with Gasteiger partial charge in [0.15, 0.2) is 5.78 Å². The van der Waals surface area contributed by atoms with Crippen LogP contribution in [-0.4, -0.2) is 65.1 Å². The number of Topliss-reactive ketones (excluding diaryl/α,β-unsaturated/α-hetero) is 1. The van der Waals surface area contributed by atoms with Gasteiger partial charge in [0.25, 0.3) is 0 Å². The molecule has 4 atom stereocenters. The second kappa shape index (κ2) is 8.41. The lowest BCUT2D eigenvalue weighted by molar-refractivity contribution is -0.140. The minimum Gasteiger partial charge on any atom is -0.311 e. The van der Waals surface area contributed by atoms with E-state index in [-0.39, 0.29) is 41.2 Å². The molecule has 2 N–H and O–H groups in total. The van der Waals surface area contributed by atoms with Crippen LogP contribution < -0.4 is 10.6 Å². The molecule has 8 heteroatoms. The molecule has 7 nitrogen and oxygen atoms in total. The number of hydrogen-bond acceptors (Lipinski definition) is 6. The van der Waals surface area contributed by atoms with E-state index < -0.39 is 5.92 Å². The maximum absolute atomic E-state index is 12.8. The van der Waals surface area contributed by atoms with E-state index in [4.69, 9.17) is 0 Å². The largest absolute Gasteiger partial charge is 0.327 e. The number of nitrogens with one attached hydrogen (secondary N) is 2. The van der Waals surface area contributed by atoms with E-state index in [9.17, 15) is 14.4 Å². The average molecular weight is 391 g/mol. The van der Waals surface area contributed by atoms with Crippen molar-refractivity contribution in [3.8, 4) is 0 Å². The lowest BCUT2D eigenvalue weighted by atomic mass is 9.96. The van der Waals surface area contributed by atoms with Gasteiger partial charge < -0.3 is 4.90 Å². The highest BCUT2D eigenvalue weighted by Crippen LogP contribution is 2.32. The minimum atomic E-state index is -0.445. The van der Waals surface area contributed by atoms with Gasteiger partial charge in [-0.05, 0) is 6.42 Å². The number of fused-ring (bicyclic) bond motifs is 1. The molecule has 2 aliphatic rings. The molecule has 0 spiro atoms. The molecule has 27 heavy (non-hydrogen) atoms. The highest BCUT2D eigenvalue weighted by atomic mass is 32.2. The van der Waals surface area contributed by atoms with Crippen molar-refractivity contribution < 1.29 is 14.4 Å². The SMILES string of the molecule is CCCC1NC(SCC(=O)c2ccccc2)C2C(=O)N(C)C(=O)N(C)C2N1. The maximum Gasteiger partial charge on any atom is 0.327 e. The average Bonchev–Trinajstić information content (AvgIpc) is 2.69. The van der Waals surface area contributed by atoms with E-state index in [1.54, 1.807) is 24.1 Å². The Bertz CT molecular complexity index is 714. The molecule has 0 saturated carbocycles. The van der Waals surface area contributed by atoms with E-state index in [0.717, 1.165) is 17.7 Å². The molecule has 3 rings (SSSR count). The summed E-state index contributed by atoms with van der Waals surface area (Å²) in [6, 6.07) is 8.85. The molecule has 0 aromatic heterocycles. The molecule has 2 aliphatic heterocycles. The summed E-state index contributed by atoms with van der Waals surface area (Å²) in [4.78, 5) is 40.4. The normalized spacial score (nSPS) is 28.3. The molecule has 2 heterocycles. The van der Waals surface area contributed by atoms with Crippen molar-refractivity contribution >= 4 is 29.5 Å². The third kappa shape index (κ3) is 4.02. The number of benzene rings is 1. The first-order valence-electron chi connectivity index (χ1n) is 9.20. The van der Waals surface area contributed by atoms with E-state index in [1.807, 2.05) is 18.2 Å². The maximum atomic E-state index is 12.8. The van der Waals surface area contributed by atoms with Crippen molar-refractivity contribution in [3.05, 3.63) is 35.9 Å². The smallest absolute Gasteiger partial charge is 0.311 e. The van der Waals surface area contributed by atoms with Crippen LogP contribution in [0.2, 0.25) is 0 Å². The van der Waals surface area contributed by atoms with Crippen molar-refractivity contribution in [2.45, 2.75) is 37.5 Å². The van der Waals surface area contributed by atoms with Crippen molar-refractivity contribution in [2.75, 3.05) is 19.8 Å². The Morgan fingerprint density at radius 3 is 2.52 bits per heavy atom. The van der Waals surface area contributed by atoms with Gasteiger partial charge in [0.05, 0.1) is 29.4 Å². The second-order valence-electron chi connectivity index (χ2n) is 6.96. The van der Waals surface area contributed by atoms with Gasteiger partial charge >= 0.3 is 6.03 Å². The standard InChI is InChI=1S/C19H26N4O3S/c1-4-8-14-20-16-15(18(25)23(3)19(26)22(16)2)17(21-14)27-11-13(24)12-9-6-5-7-10-12/h5-7,9-10,14-17,20-21H,4,8,11H2,1-3H3. The van der Waals surface area contributed by atoms with E-state index in [1.165, 1.54) is 18.8 Å². The Kier molecular flexibility index (Phi) is 6.18. The molecule has 0 bridgehead atoms. The van der Waals surface area contributed by atoms with Crippen LogP contribution in [0.15, 0.2) is 30.3 Å². The number of imide groups is 1. The third-order valence-corrected chi connectivity index (χ3v) is 6.31. The summed E-state index contributed by atoms with van der Waals surface area (Å²) in [7, 11) is 3.22. The monoisotopic (exact) mass is 390 g/mol. The summed E-state index contributed by atoms with van der Waals surface area (Å²) in [5, 5.41) is 6.60. The minimum absolute atomic E-state index is 0.00738. The zero-order chi connectivity index (χ0) is 19.6. The first-order chi connectivity index (χ1) is 12.9. The fraction of sp³-hybridized carbons (Fsp3) is 0.526. The van der Waals surface area contributed by atoms with Gasteiger partial charge in [0.2, 0.25) is 5.91 Å². The van der Waals surface area contributed by atoms with E-state index in [2.05, 4.69) is 17.6 Å². The quantitative estimate of drug-likeness (QED) is 0.720. The summed E-state index contributed by atoms with van der Waals surface area (Å²) in [6.45, 7) is 2.09. The summed E-state index contributed by atoms with van der Waals surface area (Å²) in [5.41, 5.74) is 0.667. The van der Waals surface area contributed by atoms with Crippen LogP contribution in [0.1, 0.15) is 30.1 Å². The lowest BCUT2D eigenvalue weighted by Gasteiger charge is -2.50. The summed E-state index contributed by atoms with van der Waals surface area (Å²) < 4.78 is 0. The second-order valence-corrected chi connectivity index (χ2v) is 8.09. The molecule has 0 radical (unpaired) electrons. The Morgan fingerprint density at radius 2 is 1.85 bits per heavy atom. The van der Waals surface area contributed by atoms with Crippen LogP contribution >= 0.6 is 11.8 Å². The lowest BCUT2D eigenvalue weighted by Crippen LogP contribution is -2.74. The highest BCUT2D eigenvalue weighted by Gasteiger charge is 2.50. The Balaban J connectivity index is 1.77. The van der Waals surface area contributed by atoms with Gasteiger partial charge in [0.1, 0.15) is 0 Å². The van der Waals surface area contributed by atoms with Crippen molar-refractivity contribution in [2.24, 2.45) is 5.92 Å². The molecule has 2 fully saturated rings. The first kappa shape index (κ1) is 19.9. The van der Waals surface area contributed by atoms with Crippen molar-refractivity contribution in [1.29, 1.82) is 0 Å². The van der Waals surface area contributed by atoms with Crippen LogP contribution in [0.25, 0.3) is 0 Å².